The Morgan fingerprint density at radius 2 is 1.96 bits per heavy atom. The monoisotopic (exact) mass is 316 g/mol. The Hall–Kier alpha value is -2.04. The minimum Gasteiger partial charge on any atom is -0.370 e. The molecule has 126 valence electrons. The van der Waals surface area contributed by atoms with Gasteiger partial charge in [0.05, 0.1) is 0 Å². The van der Waals surface area contributed by atoms with E-state index < -0.39 is 0 Å². The Morgan fingerprint density at radius 1 is 1.22 bits per heavy atom. The Morgan fingerprint density at radius 3 is 2.70 bits per heavy atom. The predicted octanol–water partition coefficient (Wildman–Crippen LogP) is 2.82. The van der Waals surface area contributed by atoms with Gasteiger partial charge in [-0.15, -0.1) is 0 Å². The molecule has 0 aliphatic carbocycles. The minimum atomic E-state index is 0.285. The topological polar surface area (TPSA) is 70.7 Å². The number of benzene rings is 1. The van der Waals surface area contributed by atoms with Crippen molar-refractivity contribution in [3.8, 4) is 0 Å². The molecule has 5 nitrogen and oxygen atoms in total. The van der Waals surface area contributed by atoms with E-state index in [9.17, 15) is 4.79 Å². The van der Waals surface area contributed by atoms with Gasteiger partial charge in [0.2, 0.25) is 5.91 Å². The Labute approximate surface area is 139 Å². The van der Waals surface area contributed by atoms with Gasteiger partial charge in [0.25, 0.3) is 0 Å². The van der Waals surface area contributed by atoms with Gasteiger partial charge in [0, 0.05) is 31.7 Å². The maximum atomic E-state index is 11.9. The van der Waals surface area contributed by atoms with Gasteiger partial charge in [-0.05, 0) is 56.4 Å². The maximum absolute atomic E-state index is 11.9. The lowest BCUT2D eigenvalue weighted by Gasteiger charge is -2.19. The molecule has 0 radical (unpaired) electrons. The summed E-state index contributed by atoms with van der Waals surface area (Å²) in [6.45, 7) is 6.42. The van der Waals surface area contributed by atoms with Crippen molar-refractivity contribution in [2.45, 2.75) is 46.0 Å². The van der Waals surface area contributed by atoms with Crippen LogP contribution in [0.3, 0.4) is 0 Å². The third kappa shape index (κ3) is 5.93. The molecule has 1 heterocycles. The highest BCUT2D eigenvalue weighted by molar-refractivity contribution is 5.92. The number of guanidine groups is 1. The molecule has 1 aliphatic rings. The molecule has 1 fully saturated rings. The van der Waals surface area contributed by atoms with Crippen molar-refractivity contribution in [1.82, 2.24) is 4.90 Å². The maximum Gasteiger partial charge on any atom is 0.222 e. The summed E-state index contributed by atoms with van der Waals surface area (Å²) in [6, 6.07) is 6.22. The molecule has 23 heavy (non-hydrogen) atoms. The average Bonchev–Trinajstić information content (AvgIpc) is 2.67. The van der Waals surface area contributed by atoms with Gasteiger partial charge in [-0.25, -0.2) is 0 Å². The largest absolute Gasteiger partial charge is 0.370 e. The number of hydrogen-bond donors (Lipinski definition) is 2. The number of anilines is 1. The molecule has 0 unspecified atom stereocenters. The smallest absolute Gasteiger partial charge is 0.222 e. The van der Waals surface area contributed by atoms with Crippen LogP contribution in [0.2, 0.25) is 0 Å². The predicted molar refractivity (Wildman–Crippen MR) is 95.7 cm³/mol. The number of carbonyl (C=O) groups excluding carboxylic acids is 1. The zero-order valence-electron chi connectivity index (χ0n) is 14.3. The molecule has 3 N–H and O–H groups in total. The molecule has 1 amide bonds. The van der Waals surface area contributed by atoms with Crippen LogP contribution in [0.1, 0.15) is 43.2 Å². The van der Waals surface area contributed by atoms with E-state index in [1.165, 1.54) is 11.1 Å². The van der Waals surface area contributed by atoms with Crippen molar-refractivity contribution in [3.63, 3.8) is 0 Å². The first kappa shape index (κ1) is 17.3. The second-order valence-electron chi connectivity index (χ2n) is 6.31. The molecule has 1 aliphatic heterocycles. The number of nitrogens with two attached hydrogens (primary N) is 1. The molecule has 5 heteroatoms. The molecule has 1 aromatic carbocycles. The first-order valence-corrected chi connectivity index (χ1v) is 8.47. The molecule has 0 atom stereocenters. The second-order valence-corrected chi connectivity index (χ2v) is 6.31. The lowest BCUT2D eigenvalue weighted by molar-refractivity contribution is -0.130. The fourth-order valence-electron chi connectivity index (χ4n) is 2.97. The molecular weight excluding hydrogens is 288 g/mol. The van der Waals surface area contributed by atoms with Gasteiger partial charge in [-0.1, -0.05) is 12.5 Å². The Bertz CT molecular complexity index is 548. The van der Waals surface area contributed by atoms with Crippen LogP contribution in [0.25, 0.3) is 0 Å². The van der Waals surface area contributed by atoms with Gasteiger partial charge in [0.15, 0.2) is 5.96 Å². The highest BCUT2D eigenvalue weighted by Gasteiger charge is 2.15. The summed E-state index contributed by atoms with van der Waals surface area (Å²) >= 11 is 0. The number of aliphatic imine (C=N–C) groups is 1. The lowest BCUT2D eigenvalue weighted by Crippen LogP contribution is -2.31. The summed E-state index contributed by atoms with van der Waals surface area (Å²) in [7, 11) is 0. The zero-order chi connectivity index (χ0) is 16.7. The van der Waals surface area contributed by atoms with Gasteiger partial charge >= 0.3 is 0 Å². The number of hydrogen-bond acceptors (Lipinski definition) is 2. The van der Waals surface area contributed by atoms with Crippen molar-refractivity contribution in [3.05, 3.63) is 29.3 Å². The van der Waals surface area contributed by atoms with Gasteiger partial charge in [-0.2, -0.15) is 0 Å². The summed E-state index contributed by atoms with van der Waals surface area (Å²) in [6.07, 6.45) is 4.85. The quantitative estimate of drug-likeness (QED) is 0.498. The molecule has 0 saturated carbocycles. The third-order valence-electron chi connectivity index (χ3n) is 4.03. The van der Waals surface area contributed by atoms with E-state index in [4.69, 9.17) is 5.73 Å². The molecule has 0 spiro atoms. The van der Waals surface area contributed by atoms with Gasteiger partial charge in [0.1, 0.15) is 0 Å². The molecular formula is C18H28N4O. The number of nitrogens with one attached hydrogen (secondary N) is 1. The summed E-state index contributed by atoms with van der Waals surface area (Å²) in [5.41, 5.74) is 9.29. The fraction of sp³-hybridized carbons (Fsp3) is 0.556. The van der Waals surface area contributed by atoms with E-state index in [1.807, 2.05) is 17.0 Å². The van der Waals surface area contributed by atoms with Crippen molar-refractivity contribution in [1.29, 1.82) is 0 Å². The van der Waals surface area contributed by atoms with Crippen LogP contribution in [0.5, 0.6) is 0 Å². The van der Waals surface area contributed by atoms with Crippen LogP contribution in [0.4, 0.5) is 5.69 Å². The van der Waals surface area contributed by atoms with Crippen molar-refractivity contribution in [2.24, 2.45) is 10.7 Å². The van der Waals surface area contributed by atoms with Crippen LogP contribution < -0.4 is 11.1 Å². The second kappa shape index (κ2) is 8.56. The van der Waals surface area contributed by atoms with E-state index in [0.29, 0.717) is 18.9 Å². The van der Waals surface area contributed by atoms with E-state index in [1.54, 1.807) is 0 Å². The van der Waals surface area contributed by atoms with Gasteiger partial charge < -0.3 is 16.0 Å². The first-order valence-electron chi connectivity index (χ1n) is 8.47. The SMILES string of the molecule is Cc1cc(C)cc(NC(N)=NCCCN2CCCCCC2=O)c1. The average molecular weight is 316 g/mol. The highest BCUT2D eigenvalue weighted by Crippen LogP contribution is 2.13. The fourth-order valence-corrected chi connectivity index (χ4v) is 2.97. The van der Waals surface area contributed by atoms with Crippen LogP contribution >= 0.6 is 0 Å². The lowest BCUT2D eigenvalue weighted by atomic mass is 10.1. The number of amides is 1. The van der Waals surface area contributed by atoms with Crippen molar-refractivity contribution >= 4 is 17.6 Å². The number of nitrogens with zero attached hydrogens (tertiary/aromatic N) is 2. The zero-order valence-corrected chi connectivity index (χ0v) is 14.3. The van der Waals surface area contributed by atoms with E-state index in [0.717, 1.165) is 44.5 Å². The summed E-state index contributed by atoms with van der Waals surface area (Å²) in [5.74, 6) is 0.713. The highest BCUT2D eigenvalue weighted by atomic mass is 16.2. The molecule has 2 rings (SSSR count). The number of likely N-dealkylation sites (tertiary alicyclic amines) is 1. The standard InChI is InChI=1S/C18H28N4O/c1-14-11-15(2)13-16(12-14)21-18(19)20-8-6-10-22-9-5-3-4-7-17(22)23/h11-13H,3-10H2,1-2H3,(H3,19,20,21). The summed E-state index contributed by atoms with van der Waals surface area (Å²) < 4.78 is 0. The van der Waals surface area contributed by atoms with E-state index in [-0.39, 0.29) is 5.91 Å². The third-order valence-corrected chi connectivity index (χ3v) is 4.03. The molecule has 1 saturated heterocycles. The van der Waals surface area contributed by atoms with Gasteiger partial charge in [-0.3, -0.25) is 9.79 Å². The minimum absolute atomic E-state index is 0.285. The molecule has 0 bridgehead atoms. The van der Waals surface area contributed by atoms with Crippen LogP contribution in [-0.4, -0.2) is 36.4 Å². The first-order chi connectivity index (χ1) is 11.0. The number of aryl methyl sites for hydroxylation is 2. The molecule has 0 aromatic heterocycles. The molecule has 1 aromatic rings. The normalized spacial score (nSPS) is 16.3. The van der Waals surface area contributed by atoms with Crippen LogP contribution in [-0.2, 0) is 4.79 Å². The number of rotatable bonds is 5. The van der Waals surface area contributed by atoms with E-state index in [2.05, 4.69) is 30.2 Å². The van der Waals surface area contributed by atoms with Crippen molar-refractivity contribution in [2.75, 3.05) is 25.0 Å². The van der Waals surface area contributed by atoms with E-state index >= 15 is 0 Å². The van der Waals surface area contributed by atoms with Crippen LogP contribution in [0.15, 0.2) is 23.2 Å². The Kier molecular flexibility index (Phi) is 6.44. The number of carbonyl (C=O) groups is 1. The van der Waals surface area contributed by atoms with Crippen molar-refractivity contribution < 1.29 is 4.79 Å². The Balaban J connectivity index is 1.77. The summed E-state index contributed by atoms with van der Waals surface area (Å²) in [4.78, 5) is 18.2. The van der Waals surface area contributed by atoms with Crippen LogP contribution in [0, 0.1) is 13.8 Å². The summed E-state index contributed by atoms with van der Waals surface area (Å²) in [5, 5.41) is 3.13.